The minimum absolute atomic E-state index is 0.170. The number of hydrogen-bond acceptors (Lipinski definition) is 5. The summed E-state index contributed by atoms with van der Waals surface area (Å²) in [5.41, 5.74) is 7.72. The molecule has 146 valence electrons. The molecule has 9 heteroatoms. The van der Waals surface area contributed by atoms with Gasteiger partial charge in [0.1, 0.15) is 6.04 Å². The van der Waals surface area contributed by atoms with Crippen molar-refractivity contribution in [3.8, 4) is 0 Å². The highest BCUT2D eigenvalue weighted by molar-refractivity contribution is 9.10. The van der Waals surface area contributed by atoms with Gasteiger partial charge in [-0.3, -0.25) is 9.36 Å². The van der Waals surface area contributed by atoms with Crippen LogP contribution in [-0.2, 0) is 10.5 Å². The second kappa shape index (κ2) is 9.45. The Balaban J connectivity index is 1.78. The van der Waals surface area contributed by atoms with Crippen LogP contribution >= 0.6 is 39.3 Å². The van der Waals surface area contributed by atoms with Crippen LogP contribution in [0.15, 0.2) is 58.2 Å². The van der Waals surface area contributed by atoms with Crippen molar-refractivity contribution in [1.82, 2.24) is 14.8 Å². The lowest BCUT2D eigenvalue weighted by Gasteiger charge is -2.19. The Hall–Kier alpha value is -2.03. The standard InChI is InChI=1S/C19H19BrClN5OS/c1-2-16(17(27)23-14-9-7-13(20)8-10-14)26-18(22)24-25-19(26)28-11-12-5-3-4-6-15(12)21/h3-10,16H,2,11H2,1H3,(H2,22,24)(H,23,27). The normalized spacial score (nSPS) is 12.0. The number of halogens is 2. The topological polar surface area (TPSA) is 85.8 Å². The number of rotatable bonds is 7. The van der Waals surface area contributed by atoms with Gasteiger partial charge >= 0.3 is 0 Å². The van der Waals surface area contributed by atoms with Gasteiger partial charge in [-0.15, -0.1) is 10.2 Å². The van der Waals surface area contributed by atoms with Crippen LogP contribution in [0.4, 0.5) is 11.6 Å². The van der Waals surface area contributed by atoms with Crippen molar-refractivity contribution >= 4 is 56.8 Å². The van der Waals surface area contributed by atoms with E-state index in [1.165, 1.54) is 11.8 Å². The van der Waals surface area contributed by atoms with Crippen molar-refractivity contribution in [2.24, 2.45) is 0 Å². The smallest absolute Gasteiger partial charge is 0.247 e. The van der Waals surface area contributed by atoms with Crippen molar-refractivity contribution in [3.05, 3.63) is 63.6 Å². The molecule has 3 rings (SSSR count). The molecule has 3 aromatic rings. The molecule has 1 atom stereocenters. The van der Waals surface area contributed by atoms with Crippen LogP contribution in [0.25, 0.3) is 0 Å². The predicted octanol–water partition coefficient (Wildman–Crippen LogP) is 5.16. The van der Waals surface area contributed by atoms with E-state index in [2.05, 4.69) is 31.4 Å². The minimum atomic E-state index is -0.521. The van der Waals surface area contributed by atoms with Gasteiger partial charge in [0.2, 0.25) is 11.9 Å². The summed E-state index contributed by atoms with van der Waals surface area (Å²) >= 11 is 11.1. The Bertz CT molecular complexity index is 963. The van der Waals surface area contributed by atoms with Gasteiger partial charge in [0.15, 0.2) is 5.16 Å². The van der Waals surface area contributed by atoms with Crippen LogP contribution in [0.5, 0.6) is 0 Å². The predicted molar refractivity (Wildman–Crippen MR) is 118 cm³/mol. The molecule has 1 unspecified atom stereocenters. The molecule has 2 aromatic carbocycles. The van der Waals surface area contributed by atoms with Gasteiger partial charge in [-0.1, -0.05) is 64.4 Å². The molecule has 0 spiro atoms. The van der Waals surface area contributed by atoms with Crippen LogP contribution in [-0.4, -0.2) is 20.7 Å². The highest BCUT2D eigenvalue weighted by Crippen LogP contribution is 2.30. The van der Waals surface area contributed by atoms with E-state index in [0.717, 1.165) is 10.0 Å². The molecule has 0 aliphatic carbocycles. The summed E-state index contributed by atoms with van der Waals surface area (Å²) in [6.45, 7) is 1.92. The molecule has 1 amide bonds. The molecule has 3 N–H and O–H groups in total. The van der Waals surface area contributed by atoms with Gasteiger partial charge in [-0.05, 0) is 42.3 Å². The van der Waals surface area contributed by atoms with E-state index in [0.29, 0.717) is 28.0 Å². The Kier molecular flexibility index (Phi) is 6.98. The average molecular weight is 481 g/mol. The summed E-state index contributed by atoms with van der Waals surface area (Å²) in [7, 11) is 0. The molecule has 0 aliphatic rings. The molecule has 0 saturated heterocycles. The lowest BCUT2D eigenvalue weighted by Crippen LogP contribution is -2.27. The third-order valence-electron chi connectivity index (χ3n) is 4.12. The molecule has 1 heterocycles. The lowest BCUT2D eigenvalue weighted by atomic mass is 10.2. The number of benzene rings is 2. The number of thioether (sulfide) groups is 1. The Labute approximate surface area is 181 Å². The number of nitrogens with two attached hydrogens (primary N) is 1. The SMILES string of the molecule is CCC(C(=O)Nc1ccc(Br)cc1)n1c(N)nnc1SCc1ccccc1Cl. The highest BCUT2D eigenvalue weighted by atomic mass is 79.9. The molecule has 0 saturated carbocycles. The van der Waals surface area contributed by atoms with E-state index in [4.69, 9.17) is 17.3 Å². The molecule has 6 nitrogen and oxygen atoms in total. The fourth-order valence-corrected chi connectivity index (χ4v) is 4.22. The van der Waals surface area contributed by atoms with Crippen molar-refractivity contribution in [1.29, 1.82) is 0 Å². The van der Waals surface area contributed by atoms with Crippen molar-refractivity contribution in [2.75, 3.05) is 11.1 Å². The largest absolute Gasteiger partial charge is 0.368 e. The maximum absolute atomic E-state index is 12.9. The van der Waals surface area contributed by atoms with Crippen LogP contribution in [0.1, 0.15) is 24.9 Å². The molecule has 0 aliphatic heterocycles. The van der Waals surface area contributed by atoms with E-state index in [1.807, 2.05) is 55.5 Å². The van der Waals surface area contributed by atoms with Crippen molar-refractivity contribution in [3.63, 3.8) is 0 Å². The summed E-state index contributed by atoms with van der Waals surface area (Å²) in [6, 6.07) is 14.5. The first-order chi connectivity index (χ1) is 13.5. The lowest BCUT2D eigenvalue weighted by molar-refractivity contribution is -0.119. The van der Waals surface area contributed by atoms with Crippen LogP contribution in [0, 0.1) is 0 Å². The fraction of sp³-hybridized carbons (Fsp3) is 0.211. The van der Waals surface area contributed by atoms with Crippen LogP contribution < -0.4 is 11.1 Å². The molecule has 1 aromatic heterocycles. The van der Waals surface area contributed by atoms with Gasteiger partial charge in [0.25, 0.3) is 0 Å². The molecular formula is C19H19BrClN5OS. The van der Waals surface area contributed by atoms with E-state index < -0.39 is 6.04 Å². The molecule has 28 heavy (non-hydrogen) atoms. The average Bonchev–Trinajstić information content (AvgIpc) is 3.04. The minimum Gasteiger partial charge on any atom is -0.368 e. The highest BCUT2D eigenvalue weighted by Gasteiger charge is 2.25. The summed E-state index contributed by atoms with van der Waals surface area (Å²) in [5, 5.41) is 12.3. The van der Waals surface area contributed by atoms with E-state index in [9.17, 15) is 4.79 Å². The van der Waals surface area contributed by atoms with Crippen LogP contribution in [0.3, 0.4) is 0 Å². The van der Waals surface area contributed by atoms with Gasteiger partial charge < -0.3 is 11.1 Å². The van der Waals surface area contributed by atoms with Gasteiger partial charge in [-0.25, -0.2) is 0 Å². The summed E-state index contributed by atoms with van der Waals surface area (Å²) < 4.78 is 2.62. The monoisotopic (exact) mass is 479 g/mol. The number of hydrogen-bond donors (Lipinski definition) is 2. The fourth-order valence-electron chi connectivity index (χ4n) is 2.68. The first-order valence-electron chi connectivity index (χ1n) is 8.62. The molecular weight excluding hydrogens is 462 g/mol. The van der Waals surface area contributed by atoms with E-state index in [1.54, 1.807) is 4.57 Å². The Morgan fingerprint density at radius 1 is 1.25 bits per heavy atom. The zero-order chi connectivity index (χ0) is 20.1. The first-order valence-corrected chi connectivity index (χ1v) is 10.8. The maximum atomic E-state index is 12.9. The van der Waals surface area contributed by atoms with E-state index >= 15 is 0 Å². The molecule has 0 fully saturated rings. The number of amides is 1. The second-order valence-electron chi connectivity index (χ2n) is 6.01. The van der Waals surface area contributed by atoms with Crippen molar-refractivity contribution < 1.29 is 4.79 Å². The van der Waals surface area contributed by atoms with Crippen molar-refractivity contribution in [2.45, 2.75) is 30.3 Å². The third-order valence-corrected chi connectivity index (χ3v) is 6.01. The number of carbonyl (C=O) groups excluding carboxylic acids is 1. The summed E-state index contributed by atoms with van der Waals surface area (Å²) in [4.78, 5) is 12.9. The Morgan fingerprint density at radius 3 is 2.64 bits per heavy atom. The third kappa shape index (κ3) is 4.87. The van der Waals surface area contributed by atoms with E-state index in [-0.39, 0.29) is 11.9 Å². The first kappa shape index (κ1) is 20.7. The number of nitrogens with one attached hydrogen (secondary N) is 1. The van der Waals surface area contributed by atoms with Gasteiger partial charge in [-0.2, -0.15) is 0 Å². The number of nitrogens with zero attached hydrogens (tertiary/aromatic N) is 3. The number of aromatic nitrogens is 3. The zero-order valence-electron chi connectivity index (χ0n) is 15.1. The number of nitrogen functional groups attached to an aromatic ring is 1. The second-order valence-corrected chi connectivity index (χ2v) is 8.28. The number of anilines is 2. The van der Waals surface area contributed by atoms with Gasteiger partial charge in [0.05, 0.1) is 0 Å². The molecule has 0 radical (unpaired) electrons. The maximum Gasteiger partial charge on any atom is 0.247 e. The number of carbonyl (C=O) groups is 1. The Morgan fingerprint density at radius 2 is 1.96 bits per heavy atom. The molecule has 0 bridgehead atoms. The summed E-state index contributed by atoms with van der Waals surface area (Å²) in [6.07, 6.45) is 0.546. The quantitative estimate of drug-likeness (QED) is 0.456. The summed E-state index contributed by atoms with van der Waals surface area (Å²) in [5.74, 6) is 0.637. The van der Waals surface area contributed by atoms with Crippen LogP contribution in [0.2, 0.25) is 5.02 Å². The van der Waals surface area contributed by atoms with Gasteiger partial charge in [0, 0.05) is 20.9 Å². The zero-order valence-corrected chi connectivity index (χ0v) is 18.3.